The number of para-hydroxylation sites is 1. The quantitative estimate of drug-likeness (QED) is 0.276. The molecule has 0 fully saturated rings. The summed E-state index contributed by atoms with van der Waals surface area (Å²) in [6.07, 6.45) is 0.335. The lowest BCUT2D eigenvalue weighted by molar-refractivity contribution is -0.116. The molecular formula is C30H23N3O5S2. The summed E-state index contributed by atoms with van der Waals surface area (Å²) in [5.74, 6) is 0.0317. The van der Waals surface area contributed by atoms with Gasteiger partial charge in [-0.25, -0.2) is 23.3 Å². The average Bonchev–Trinajstić information content (AvgIpc) is 3.47. The zero-order valence-electron chi connectivity index (χ0n) is 21.5. The SMILES string of the molecule is COC(=O)c1sc(-c2cccc3nc(N4C(=O)Cc5ccccc54)ccc23)c(C)c1-c1ccc(S(N)(=O)=O)cc1. The number of aromatic nitrogens is 1. The predicted molar refractivity (Wildman–Crippen MR) is 155 cm³/mol. The van der Waals surface area contributed by atoms with E-state index >= 15 is 0 Å². The van der Waals surface area contributed by atoms with Gasteiger partial charge >= 0.3 is 5.97 Å². The number of carbonyl (C=O) groups excluding carboxylic acids is 2. The monoisotopic (exact) mass is 569 g/mol. The second kappa shape index (κ2) is 9.67. The van der Waals surface area contributed by atoms with Crippen LogP contribution in [0.2, 0.25) is 0 Å². The Labute approximate surface area is 234 Å². The number of esters is 1. The van der Waals surface area contributed by atoms with Crippen LogP contribution in [0, 0.1) is 6.92 Å². The Morgan fingerprint density at radius 3 is 2.48 bits per heavy atom. The third-order valence-corrected chi connectivity index (χ3v) is 9.24. The fraction of sp³-hybridized carbons (Fsp3) is 0.100. The van der Waals surface area contributed by atoms with Gasteiger partial charge in [0.15, 0.2) is 0 Å². The second-order valence-electron chi connectivity index (χ2n) is 9.40. The molecule has 1 aliphatic rings. The number of anilines is 2. The number of nitrogens with two attached hydrogens (primary N) is 1. The molecule has 0 saturated carbocycles. The first-order chi connectivity index (χ1) is 19.2. The van der Waals surface area contributed by atoms with Crippen molar-refractivity contribution in [2.45, 2.75) is 18.2 Å². The highest BCUT2D eigenvalue weighted by Gasteiger charge is 2.29. The van der Waals surface area contributed by atoms with E-state index in [4.69, 9.17) is 14.9 Å². The lowest BCUT2D eigenvalue weighted by atomic mass is 9.97. The van der Waals surface area contributed by atoms with E-state index < -0.39 is 16.0 Å². The van der Waals surface area contributed by atoms with Crippen LogP contribution in [0.3, 0.4) is 0 Å². The van der Waals surface area contributed by atoms with Crippen molar-refractivity contribution in [2.24, 2.45) is 5.14 Å². The Bertz CT molecular complexity index is 1950. The number of carbonyl (C=O) groups is 2. The maximum atomic E-state index is 12.8. The molecule has 0 unspecified atom stereocenters. The van der Waals surface area contributed by atoms with Gasteiger partial charge in [-0.1, -0.05) is 42.5 Å². The number of fused-ring (bicyclic) bond motifs is 2. The number of primary sulfonamides is 1. The van der Waals surface area contributed by atoms with Crippen molar-refractivity contribution in [2.75, 3.05) is 12.0 Å². The van der Waals surface area contributed by atoms with E-state index in [2.05, 4.69) is 0 Å². The van der Waals surface area contributed by atoms with E-state index in [0.717, 1.165) is 32.6 Å². The number of hydrogen-bond donors (Lipinski definition) is 1. The van der Waals surface area contributed by atoms with Crippen molar-refractivity contribution in [3.05, 3.63) is 94.9 Å². The van der Waals surface area contributed by atoms with Gasteiger partial charge in [-0.05, 0) is 60.0 Å². The van der Waals surface area contributed by atoms with Crippen LogP contribution >= 0.6 is 11.3 Å². The minimum atomic E-state index is -3.86. The van der Waals surface area contributed by atoms with Crippen LogP contribution in [-0.4, -0.2) is 32.4 Å². The molecule has 6 rings (SSSR count). The van der Waals surface area contributed by atoms with E-state index in [0.29, 0.717) is 33.8 Å². The molecule has 8 nitrogen and oxygen atoms in total. The number of benzene rings is 3. The number of rotatable bonds is 5. The molecule has 5 aromatic rings. The third kappa shape index (κ3) is 4.26. The number of hydrogen-bond acceptors (Lipinski definition) is 7. The van der Waals surface area contributed by atoms with Crippen molar-refractivity contribution in [1.82, 2.24) is 4.98 Å². The van der Waals surface area contributed by atoms with Crippen LogP contribution in [-0.2, 0) is 26.0 Å². The molecule has 40 heavy (non-hydrogen) atoms. The van der Waals surface area contributed by atoms with Gasteiger partial charge in [0.05, 0.1) is 29.6 Å². The Morgan fingerprint density at radius 2 is 1.75 bits per heavy atom. The van der Waals surface area contributed by atoms with Crippen LogP contribution in [0.4, 0.5) is 11.5 Å². The van der Waals surface area contributed by atoms with Crippen molar-refractivity contribution in [3.63, 3.8) is 0 Å². The Kier molecular flexibility index (Phi) is 6.25. The van der Waals surface area contributed by atoms with Gasteiger partial charge in [-0.15, -0.1) is 11.3 Å². The number of pyridine rings is 1. The topological polar surface area (TPSA) is 120 Å². The van der Waals surface area contributed by atoms with E-state index in [1.165, 1.54) is 30.6 Å². The normalized spacial score (nSPS) is 13.1. The molecule has 1 amide bonds. The second-order valence-corrected chi connectivity index (χ2v) is 12.0. The van der Waals surface area contributed by atoms with E-state index in [9.17, 15) is 18.0 Å². The molecule has 0 spiro atoms. The summed E-state index contributed by atoms with van der Waals surface area (Å²) >= 11 is 1.30. The zero-order chi connectivity index (χ0) is 28.2. The standard InChI is InChI=1S/C30H23N3O5S2/c1-17-27(18-10-12-20(13-11-18)40(31,36)37)29(30(35)38-2)39-28(17)22-7-5-8-23-21(22)14-15-25(32-23)33-24-9-4-3-6-19(24)16-26(33)34/h3-15H,16H2,1-2H3,(H2,31,36,37). The molecule has 0 aliphatic carbocycles. The highest BCUT2D eigenvalue weighted by Crippen LogP contribution is 2.45. The van der Waals surface area contributed by atoms with Crippen molar-refractivity contribution in [3.8, 4) is 21.6 Å². The first-order valence-electron chi connectivity index (χ1n) is 12.3. The Balaban J connectivity index is 1.48. The predicted octanol–water partition coefficient (Wildman–Crippen LogP) is 5.59. The summed E-state index contributed by atoms with van der Waals surface area (Å²) in [5.41, 5.74) is 5.56. The Hall–Kier alpha value is -4.38. The van der Waals surface area contributed by atoms with Crippen LogP contribution in [0.1, 0.15) is 20.8 Å². The number of nitrogens with zero attached hydrogens (tertiary/aromatic N) is 2. The van der Waals surface area contributed by atoms with Crippen LogP contribution in [0.15, 0.2) is 83.8 Å². The largest absolute Gasteiger partial charge is 0.465 e. The smallest absolute Gasteiger partial charge is 0.348 e. The van der Waals surface area contributed by atoms with Crippen LogP contribution in [0.25, 0.3) is 32.5 Å². The molecule has 2 N–H and O–H groups in total. The molecular weight excluding hydrogens is 546 g/mol. The summed E-state index contributed by atoms with van der Waals surface area (Å²) in [7, 11) is -2.53. The summed E-state index contributed by atoms with van der Waals surface area (Å²) in [6.45, 7) is 1.92. The lowest BCUT2D eigenvalue weighted by Crippen LogP contribution is -2.21. The maximum absolute atomic E-state index is 12.8. The molecule has 0 saturated heterocycles. The molecule has 0 radical (unpaired) electrons. The number of thiophene rings is 1. The lowest BCUT2D eigenvalue weighted by Gasteiger charge is -2.17. The number of amides is 1. The molecule has 2 aromatic heterocycles. The third-order valence-electron chi connectivity index (χ3n) is 7.00. The average molecular weight is 570 g/mol. The first-order valence-corrected chi connectivity index (χ1v) is 14.7. The fourth-order valence-corrected chi connectivity index (χ4v) is 6.94. The molecule has 3 aromatic carbocycles. The van der Waals surface area contributed by atoms with E-state index in [1.807, 2.05) is 61.5 Å². The van der Waals surface area contributed by atoms with E-state index in [-0.39, 0.29) is 10.8 Å². The number of ether oxygens (including phenoxy) is 1. The van der Waals surface area contributed by atoms with E-state index in [1.54, 1.807) is 17.0 Å². The van der Waals surface area contributed by atoms with Crippen molar-refractivity contribution >= 4 is 55.6 Å². The Morgan fingerprint density at radius 1 is 1.00 bits per heavy atom. The van der Waals surface area contributed by atoms with Gasteiger partial charge in [0.2, 0.25) is 15.9 Å². The van der Waals surface area contributed by atoms with Gasteiger partial charge in [0.25, 0.3) is 0 Å². The molecule has 0 atom stereocenters. The van der Waals surface area contributed by atoms with Gasteiger partial charge < -0.3 is 4.74 Å². The first kappa shape index (κ1) is 25.9. The van der Waals surface area contributed by atoms with Crippen molar-refractivity contribution < 1.29 is 22.7 Å². The fourth-order valence-electron chi connectivity index (χ4n) is 5.14. The highest BCUT2D eigenvalue weighted by molar-refractivity contribution is 7.89. The number of methoxy groups -OCH3 is 1. The maximum Gasteiger partial charge on any atom is 0.348 e. The summed E-state index contributed by atoms with van der Waals surface area (Å²) in [6, 6.07) is 23.3. The minimum Gasteiger partial charge on any atom is -0.465 e. The molecule has 200 valence electrons. The van der Waals surface area contributed by atoms with Gasteiger partial charge in [0.1, 0.15) is 10.7 Å². The molecule has 3 heterocycles. The molecule has 1 aliphatic heterocycles. The zero-order valence-corrected chi connectivity index (χ0v) is 23.2. The molecule has 0 bridgehead atoms. The van der Waals surface area contributed by atoms with Crippen LogP contribution < -0.4 is 10.0 Å². The number of sulfonamides is 1. The van der Waals surface area contributed by atoms with Gasteiger partial charge in [0, 0.05) is 21.4 Å². The van der Waals surface area contributed by atoms with Crippen LogP contribution in [0.5, 0.6) is 0 Å². The minimum absolute atomic E-state index is 0.0148. The van der Waals surface area contributed by atoms with Gasteiger partial charge in [-0.2, -0.15) is 0 Å². The van der Waals surface area contributed by atoms with Gasteiger partial charge in [-0.3, -0.25) is 9.69 Å². The summed E-state index contributed by atoms with van der Waals surface area (Å²) < 4.78 is 28.6. The highest BCUT2D eigenvalue weighted by atomic mass is 32.2. The van der Waals surface area contributed by atoms with Crippen molar-refractivity contribution in [1.29, 1.82) is 0 Å². The molecule has 10 heteroatoms. The summed E-state index contributed by atoms with van der Waals surface area (Å²) in [4.78, 5) is 33.4. The summed E-state index contributed by atoms with van der Waals surface area (Å²) in [5, 5.41) is 6.13.